The fourth-order valence-corrected chi connectivity index (χ4v) is 5.46. The van der Waals surface area contributed by atoms with E-state index in [-0.39, 0.29) is 35.1 Å². The smallest absolute Gasteiger partial charge is 0.348 e. The van der Waals surface area contributed by atoms with Crippen molar-refractivity contribution in [3.05, 3.63) is 88.5 Å². The van der Waals surface area contributed by atoms with Crippen molar-refractivity contribution in [2.75, 3.05) is 5.75 Å². The molecule has 11 heteroatoms. The Morgan fingerprint density at radius 3 is 2.39 bits per heavy atom. The second kappa shape index (κ2) is 10.8. The van der Waals surface area contributed by atoms with E-state index in [1.165, 1.54) is 24.4 Å². The van der Waals surface area contributed by atoms with E-state index < -0.39 is 21.6 Å². The van der Waals surface area contributed by atoms with Gasteiger partial charge < -0.3 is 5.32 Å². The first-order chi connectivity index (χ1) is 17.9. The Balaban J connectivity index is 1.44. The molecule has 0 aliphatic carbocycles. The molecule has 1 aromatic carbocycles. The van der Waals surface area contributed by atoms with Gasteiger partial charge in [-0.2, -0.15) is 13.2 Å². The van der Waals surface area contributed by atoms with Crippen LogP contribution in [0.25, 0.3) is 0 Å². The van der Waals surface area contributed by atoms with E-state index in [9.17, 15) is 26.4 Å². The summed E-state index contributed by atoms with van der Waals surface area (Å²) in [4.78, 5) is 23.8. The minimum atomic E-state index is -4.43. The minimum Gasteiger partial charge on any atom is -0.348 e. The molecule has 38 heavy (non-hydrogen) atoms. The number of carbonyl (C=O) groups is 1. The first-order valence-electron chi connectivity index (χ1n) is 12.2. The number of amides is 1. The maximum Gasteiger partial charge on any atom is 0.417 e. The average molecular weight is 547 g/mol. The van der Waals surface area contributed by atoms with E-state index in [2.05, 4.69) is 20.2 Å². The quantitative estimate of drug-likeness (QED) is 0.431. The Kier molecular flexibility index (Phi) is 7.89. The molecular weight excluding hydrogens is 517 g/mol. The van der Waals surface area contributed by atoms with E-state index in [0.29, 0.717) is 24.3 Å². The molecule has 1 atom stereocenters. The molecule has 1 aliphatic heterocycles. The highest BCUT2D eigenvalue weighted by molar-refractivity contribution is 7.91. The molecule has 202 valence electrons. The monoisotopic (exact) mass is 546 g/mol. The van der Waals surface area contributed by atoms with E-state index in [4.69, 9.17) is 0 Å². The number of benzene rings is 1. The van der Waals surface area contributed by atoms with Crippen molar-refractivity contribution < 1.29 is 26.4 Å². The summed E-state index contributed by atoms with van der Waals surface area (Å²) in [5, 5.41) is 2.84. The number of hydrogen-bond donors (Lipinski definition) is 1. The summed E-state index contributed by atoms with van der Waals surface area (Å²) >= 11 is 0. The maximum atomic E-state index is 12.9. The standard InChI is InChI=1S/C27H29F3N4O3S/c1-4-38(36,37)23-9-5-18(6-10-23)12-33-26(35)19-11-20-15-34(25(17(2)3)24(20)32-13-19)16-22-8-7-21(14-31-22)27(28,29)30/h5-11,13-14,17,25H,4,12,15-16H2,1-3H3,(H,33,35). The highest BCUT2D eigenvalue weighted by Gasteiger charge is 2.35. The van der Waals surface area contributed by atoms with Gasteiger partial charge in [0.1, 0.15) is 0 Å². The molecule has 3 aromatic rings. The van der Waals surface area contributed by atoms with Gasteiger partial charge in [-0.15, -0.1) is 0 Å². The van der Waals surface area contributed by atoms with Gasteiger partial charge in [-0.3, -0.25) is 19.7 Å². The highest BCUT2D eigenvalue weighted by atomic mass is 32.2. The summed E-state index contributed by atoms with van der Waals surface area (Å²) in [6.45, 7) is 6.74. The zero-order valence-electron chi connectivity index (χ0n) is 21.3. The zero-order chi connectivity index (χ0) is 27.7. The number of carbonyl (C=O) groups excluding carboxylic acids is 1. The molecule has 0 saturated carbocycles. The van der Waals surface area contributed by atoms with E-state index >= 15 is 0 Å². The van der Waals surface area contributed by atoms with Crippen LogP contribution >= 0.6 is 0 Å². The van der Waals surface area contributed by atoms with Crippen LogP contribution in [0.1, 0.15) is 65.2 Å². The molecule has 3 heterocycles. The van der Waals surface area contributed by atoms with Crippen LogP contribution in [0, 0.1) is 5.92 Å². The topological polar surface area (TPSA) is 92.3 Å². The van der Waals surface area contributed by atoms with Crippen LogP contribution in [0.15, 0.2) is 59.8 Å². The number of nitrogens with zero attached hydrogens (tertiary/aromatic N) is 3. The minimum absolute atomic E-state index is 0.0182. The Bertz CT molecular complexity index is 1410. The van der Waals surface area contributed by atoms with Gasteiger partial charge >= 0.3 is 6.18 Å². The first kappa shape index (κ1) is 27.7. The summed E-state index contributed by atoms with van der Waals surface area (Å²) in [5.74, 6) is -0.114. The summed E-state index contributed by atoms with van der Waals surface area (Å²) in [6.07, 6.45) is -2.06. The maximum absolute atomic E-state index is 12.9. The van der Waals surface area contributed by atoms with Crippen molar-refractivity contribution in [3.8, 4) is 0 Å². The average Bonchev–Trinajstić information content (AvgIpc) is 3.24. The molecular formula is C27H29F3N4O3S. The molecule has 0 radical (unpaired) electrons. The predicted molar refractivity (Wildman–Crippen MR) is 136 cm³/mol. The van der Waals surface area contributed by atoms with Gasteiger partial charge in [0.2, 0.25) is 0 Å². The van der Waals surface area contributed by atoms with Crippen molar-refractivity contribution in [2.24, 2.45) is 5.92 Å². The molecule has 7 nitrogen and oxygen atoms in total. The van der Waals surface area contributed by atoms with Gasteiger partial charge in [-0.25, -0.2) is 8.42 Å². The Morgan fingerprint density at radius 2 is 1.82 bits per heavy atom. The summed E-state index contributed by atoms with van der Waals surface area (Å²) in [6, 6.07) is 10.6. The third kappa shape index (κ3) is 6.05. The molecule has 0 bridgehead atoms. The summed E-state index contributed by atoms with van der Waals surface area (Å²) in [5.41, 5.74) is 2.62. The summed E-state index contributed by atoms with van der Waals surface area (Å²) in [7, 11) is -3.29. The molecule has 1 unspecified atom stereocenters. The van der Waals surface area contributed by atoms with Gasteiger partial charge in [-0.05, 0) is 47.4 Å². The van der Waals surface area contributed by atoms with Crippen LogP contribution in [0.3, 0.4) is 0 Å². The van der Waals surface area contributed by atoms with Crippen molar-refractivity contribution in [2.45, 2.75) is 57.5 Å². The van der Waals surface area contributed by atoms with Crippen LogP contribution in [0.2, 0.25) is 0 Å². The van der Waals surface area contributed by atoms with Gasteiger partial charge in [-0.1, -0.05) is 32.9 Å². The van der Waals surface area contributed by atoms with Crippen molar-refractivity contribution in [1.29, 1.82) is 0 Å². The lowest BCUT2D eigenvalue weighted by atomic mass is 9.99. The molecule has 0 fully saturated rings. The van der Waals surface area contributed by atoms with Gasteiger partial charge in [0.05, 0.1) is 39.2 Å². The molecule has 0 spiro atoms. The van der Waals surface area contributed by atoms with Crippen LogP contribution in [0.5, 0.6) is 0 Å². The number of fused-ring (bicyclic) bond motifs is 1. The van der Waals surface area contributed by atoms with Crippen LogP contribution in [-0.2, 0) is 35.6 Å². The number of alkyl halides is 3. The first-order valence-corrected chi connectivity index (χ1v) is 13.9. The third-order valence-electron chi connectivity index (χ3n) is 6.57. The predicted octanol–water partition coefficient (Wildman–Crippen LogP) is 4.93. The Morgan fingerprint density at radius 1 is 1.11 bits per heavy atom. The molecule has 1 aliphatic rings. The van der Waals surface area contributed by atoms with Gasteiger partial charge in [0, 0.05) is 32.0 Å². The Hall–Kier alpha value is -3.31. The second-order valence-electron chi connectivity index (χ2n) is 9.63. The number of hydrogen-bond acceptors (Lipinski definition) is 6. The second-order valence-corrected chi connectivity index (χ2v) is 11.9. The lowest BCUT2D eigenvalue weighted by Gasteiger charge is -2.27. The van der Waals surface area contributed by atoms with Gasteiger partial charge in [0.25, 0.3) is 5.91 Å². The van der Waals surface area contributed by atoms with Gasteiger partial charge in [0.15, 0.2) is 9.84 Å². The molecule has 1 amide bonds. The number of pyridine rings is 2. The normalized spacial score (nSPS) is 16.0. The zero-order valence-corrected chi connectivity index (χ0v) is 22.1. The SMILES string of the molecule is CCS(=O)(=O)c1ccc(CNC(=O)c2cnc3c(c2)CN(Cc2ccc(C(F)(F)F)cn2)C3C(C)C)cc1. The molecule has 0 saturated heterocycles. The number of rotatable bonds is 8. The lowest BCUT2D eigenvalue weighted by molar-refractivity contribution is -0.137. The van der Waals surface area contributed by atoms with E-state index in [0.717, 1.165) is 29.1 Å². The van der Waals surface area contributed by atoms with Crippen LogP contribution < -0.4 is 5.32 Å². The molecule has 1 N–H and O–H groups in total. The van der Waals surface area contributed by atoms with Crippen LogP contribution in [-0.4, -0.2) is 34.9 Å². The third-order valence-corrected chi connectivity index (χ3v) is 8.33. The van der Waals surface area contributed by atoms with Crippen LogP contribution in [0.4, 0.5) is 13.2 Å². The highest BCUT2D eigenvalue weighted by Crippen LogP contribution is 2.38. The largest absolute Gasteiger partial charge is 0.417 e. The van der Waals surface area contributed by atoms with Crippen molar-refractivity contribution in [1.82, 2.24) is 20.2 Å². The van der Waals surface area contributed by atoms with E-state index in [1.807, 2.05) is 13.8 Å². The van der Waals surface area contributed by atoms with Crippen molar-refractivity contribution in [3.63, 3.8) is 0 Å². The fraction of sp³-hybridized carbons (Fsp3) is 0.370. The molecule has 4 rings (SSSR count). The summed E-state index contributed by atoms with van der Waals surface area (Å²) < 4.78 is 62.6. The number of sulfone groups is 1. The lowest BCUT2D eigenvalue weighted by Crippen LogP contribution is -2.26. The fourth-order valence-electron chi connectivity index (χ4n) is 4.58. The Labute approximate surface area is 220 Å². The molecule has 2 aromatic heterocycles. The number of nitrogens with one attached hydrogen (secondary N) is 1. The van der Waals surface area contributed by atoms with E-state index in [1.54, 1.807) is 25.1 Å². The number of halogens is 3. The van der Waals surface area contributed by atoms with Crippen molar-refractivity contribution >= 4 is 15.7 Å². The number of aromatic nitrogens is 2.